The van der Waals surface area contributed by atoms with Gasteiger partial charge in [0.25, 0.3) is 0 Å². The Balaban J connectivity index is 1.71. The third-order valence-electron chi connectivity index (χ3n) is 5.39. The molecule has 3 amide bonds. The molecule has 0 radical (unpaired) electrons. The molecule has 7 nitrogen and oxygen atoms in total. The molecule has 0 saturated carbocycles. The molecule has 184 valence electrons. The van der Waals surface area contributed by atoms with Gasteiger partial charge in [-0.3, -0.25) is 4.79 Å². The summed E-state index contributed by atoms with van der Waals surface area (Å²) in [6, 6.07) is 18.5. The highest BCUT2D eigenvalue weighted by molar-refractivity contribution is 7.09. The largest absolute Gasteiger partial charge is 0.493 e. The fraction of sp³-hybridized carbons (Fsp3) is 0.259. The predicted octanol–water partition coefficient (Wildman–Crippen LogP) is 5.06. The van der Waals surface area contributed by atoms with Gasteiger partial charge >= 0.3 is 6.03 Å². The number of urea groups is 1. The van der Waals surface area contributed by atoms with Crippen molar-refractivity contribution in [2.45, 2.75) is 13.0 Å². The average molecular weight is 494 g/mol. The number of carbonyl (C=O) groups excluding carboxylic acids is 2. The summed E-state index contributed by atoms with van der Waals surface area (Å²) in [6.45, 7) is 4.92. The number of methoxy groups -OCH3 is 2. The summed E-state index contributed by atoms with van der Waals surface area (Å²) in [4.78, 5) is 30.6. The number of nitrogens with zero attached hydrogens (tertiary/aromatic N) is 2. The number of ether oxygens (including phenoxy) is 2. The van der Waals surface area contributed by atoms with Crippen LogP contribution in [-0.2, 0) is 17.8 Å². The normalized spacial score (nSPS) is 10.3. The van der Waals surface area contributed by atoms with E-state index in [-0.39, 0.29) is 25.0 Å². The third kappa shape index (κ3) is 7.61. The van der Waals surface area contributed by atoms with Gasteiger partial charge in [0.15, 0.2) is 11.5 Å². The Hall–Kier alpha value is -3.78. The molecule has 1 aromatic heterocycles. The molecule has 0 aliphatic carbocycles. The summed E-state index contributed by atoms with van der Waals surface area (Å²) in [5.41, 5.74) is 1.69. The van der Waals surface area contributed by atoms with Crippen LogP contribution in [0.2, 0.25) is 0 Å². The molecule has 0 fully saturated rings. The maximum absolute atomic E-state index is 13.4. The Bertz CT molecular complexity index is 1100. The number of hydrogen-bond acceptors (Lipinski definition) is 5. The van der Waals surface area contributed by atoms with Gasteiger partial charge < -0.3 is 24.6 Å². The van der Waals surface area contributed by atoms with Crippen LogP contribution in [0.5, 0.6) is 11.5 Å². The van der Waals surface area contributed by atoms with Crippen molar-refractivity contribution in [1.82, 2.24) is 9.80 Å². The van der Waals surface area contributed by atoms with Crippen molar-refractivity contribution in [3.05, 3.63) is 89.1 Å². The molecule has 2 aromatic carbocycles. The Morgan fingerprint density at radius 2 is 1.77 bits per heavy atom. The molecule has 3 rings (SSSR count). The highest BCUT2D eigenvalue weighted by atomic mass is 32.1. The molecular formula is C27H31N3O4S. The zero-order valence-corrected chi connectivity index (χ0v) is 20.9. The molecule has 0 aliphatic heterocycles. The highest BCUT2D eigenvalue weighted by Gasteiger charge is 2.21. The summed E-state index contributed by atoms with van der Waals surface area (Å²) >= 11 is 1.60. The minimum Gasteiger partial charge on any atom is -0.493 e. The second-order valence-electron chi connectivity index (χ2n) is 7.80. The van der Waals surface area contributed by atoms with Gasteiger partial charge in [0.2, 0.25) is 5.91 Å². The lowest BCUT2D eigenvalue weighted by Crippen LogP contribution is -2.44. The number of para-hydroxylation sites is 1. The fourth-order valence-corrected chi connectivity index (χ4v) is 4.26. The zero-order valence-electron chi connectivity index (χ0n) is 20.1. The molecule has 0 unspecified atom stereocenters. The van der Waals surface area contributed by atoms with Crippen molar-refractivity contribution >= 4 is 29.0 Å². The standard InChI is InChI=1S/C27H31N3O4S/c1-4-15-30(27(32)28-22-9-6-5-7-10-22)20-26(31)29(19-23-11-8-17-35-23)16-14-21-12-13-24(33-2)25(18-21)34-3/h4-13,17-18H,1,14-16,19-20H2,2-3H3,(H,28,32). The van der Waals surface area contributed by atoms with E-state index >= 15 is 0 Å². The number of rotatable bonds is 12. The Labute approximate surface area is 210 Å². The molecule has 1 N–H and O–H groups in total. The van der Waals surface area contributed by atoms with E-state index < -0.39 is 0 Å². The van der Waals surface area contributed by atoms with Gasteiger partial charge in [-0.25, -0.2) is 4.79 Å². The van der Waals surface area contributed by atoms with Crippen LogP contribution >= 0.6 is 11.3 Å². The van der Waals surface area contributed by atoms with Crippen LogP contribution in [0.4, 0.5) is 10.5 Å². The first-order valence-electron chi connectivity index (χ1n) is 11.3. The van der Waals surface area contributed by atoms with Gasteiger partial charge in [-0.2, -0.15) is 0 Å². The fourth-order valence-electron chi connectivity index (χ4n) is 3.55. The van der Waals surface area contributed by atoms with Gasteiger partial charge in [-0.1, -0.05) is 36.4 Å². The van der Waals surface area contributed by atoms with E-state index in [1.54, 1.807) is 48.7 Å². The second kappa shape index (κ2) is 13.2. The zero-order chi connectivity index (χ0) is 25.0. The first-order valence-corrected chi connectivity index (χ1v) is 12.1. The van der Waals surface area contributed by atoms with Gasteiger partial charge in [0.1, 0.15) is 6.54 Å². The number of hydrogen-bond donors (Lipinski definition) is 1. The maximum atomic E-state index is 13.4. The molecule has 0 aliphatic rings. The van der Waals surface area contributed by atoms with Crippen molar-refractivity contribution in [3.63, 3.8) is 0 Å². The van der Waals surface area contributed by atoms with Gasteiger partial charge in [-0.15, -0.1) is 17.9 Å². The highest BCUT2D eigenvalue weighted by Crippen LogP contribution is 2.28. The minimum atomic E-state index is -0.347. The van der Waals surface area contributed by atoms with Crippen molar-refractivity contribution in [2.75, 3.05) is 39.2 Å². The lowest BCUT2D eigenvalue weighted by Gasteiger charge is -2.27. The quantitative estimate of drug-likeness (QED) is 0.358. The summed E-state index contributed by atoms with van der Waals surface area (Å²) in [6.07, 6.45) is 2.25. The van der Waals surface area contributed by atoms with E-state index in [1.807, 2.05) is 53.9 Å². The van der Waals surface area contributed by atoms with Crippen molar-refractivity contribution < 1.29 is 19.1 Å². The van der Waals surface area contributed by atoms with E-state index in [2.05, 4.69) is 11.9 Å². The van der Waals surface area contributed by atoms with Crippen LogP contribution in [0.15, 0.2) is 78.7 Å². The van der Waals surface area contributed by atoms with Gasteiger partial charge in [0, 0.05) is 23.7 Å². The summed E-state index contributed by atoms with van der Waals surface area (Å²) in [5.74, 6) is 1.17. The van der Waals surface area contributed by atoms with Crippen LogP contribution < -0.4 is 14.8 Å². The minimum absolute atomic E-state index is 0.0536. The predicted molar refractivity (Wildman–Crippen MR) is 140 cm³/mol. The molecule has 35 heavy (non-hydrogen) atoms. The molecule has 0 saturated heterocycles. The lowest BCUT2D eigenvalue weighted by atomic mass is 10.1. The average Bonchev–Trinajstić information content (AvgIpc) is 3.39. The second-order valence-corrected chi connectivity index (χ2v) is 8.83. The Morgan fingerprint density at radius 1 is 1.00 bits per heavy atom. The monoisotopic (exact) mass is 493 g/mol. The number of amides is 3. The lowest BCUT2D eigenvalue weighted by molar-refractivity contribution is -0.132. The van der Waals surface area contributed by atoms with E-state index in [4.69, 9.17) is 9.47 Å². The first kappa shape index (κ1) is 25.8. The van der Waals surface area contributed by atoms with Gasteiger partial charge in [-0.05, 0) is 47.7 Å². The van der Waals surface area contributed by atoms with E-state index in [9.17, 15) is 9.59 Å². The molecule has 0 bridgehead atoms. The number of thiophene rings is 1. The van der Waals surface area contributed by atoms with E-state index in [0.29, 0.717) is 36.7 Å². The SMILES string of the molecule is C=CCN(CC(=O)N(CCc1ccc(OC)c(OC)c1)Cc1cccs1)C(=O)Nc1ccccc1. The molecule has 0 atom stereocenters. The van der Waals surface area contributed by atoms with E-state index in [1.165, 1.54) is 4.90 Å². The summed E-state index contributed by atoms with van der Waals surface area (Å²) in [7, 11) is 3.20. The topological polar surface area (TPSA) is 71.1 Å². The van der Waals surface area contributed by atoms with Crippen LogP contribution in [0.25, 0.3) is 0 Å². The summed E-state index contributed by atoms with van der Waals surface area (Å²) in [5, 5.41) is 4.83. The van der Waals surface area contributed by atoms with Crippen molar-refractivity contribution in [3.8, 4) is 11.5 Å². The number of anilines is 1. The third-order valence-corrected chi connectivity index (χ3v) is 6.25. The molecule has 8 heteroatoms. The van der Waals surface area contributed by atoms with Crippen LogP contribution in [0, 0.1) is 0 Å². The van der Waals surface area contributed by atoms with E-state index in [0.717, 1.165) is 10.4 Å². The smallest absolute Gasteiger partial charge is 0.322 e. The first-order chi connectivity index (χ1) is 17.0. The molecule has 0 spiro atoms. The van der Waals surface area contributed by atoms with Crippen molar-refractivity contribution in [2.24, 2.45) is 0 Å². The maximum Gasteiger partial charge on any atom is 0.322 e. The van der Waals surface area contributed by atoms with Gasteiger partial charge in [0.05, 0.1) is 20.8 Å². The Kier molecular flexibility index (Phi) is 9.74. The van der Waals surface area contributed by atoms with Crippen LogP contribution in [0.1, 0.15) is 10.4 Å². The number of nitrogens with one attached hydrogen (secondary N) is 1. The number of benzene rings is 2. The van der Waals surface area contributed by atoms with Crippen LogP contribution in [-0.4, -0.2) is 55.6 Å². The summed E-state index contributed by atoms with van der Waals surface area (Å²) < 4.78 is 10.7. The Morgan fingerprint density at radius 3 is 2.43 bits per heavy atom. The number of carbonyl (C=O) groups is 2. The molecule has 3 aromatic rings. The van der Waals surface area contributed by atoms with Crippen LogP contribution in [0.3, 0.4) is 0 Å². The van der Waals surface area contributed by atoms with Crippen molar-refractivity contribution in [1.29, 1.82) is 0 Å². The molecular weight excluding hydrogens is 462 g/mol. The molecule has 1 heterocycles.